The van der Waals surface area contributed by atoms with Gasteiger partial charge in [0.2, 0.25) is 5.91 Å². The van der Waals surface area contributed by atoms with Crippen molar-refractivity contribution in [2.45, 2.75) is 18.9 Å². The van der Waals surface area contributed by atoms with Gasteiger partial charge >= 0.3 is 5.97 Å². The SMILES string of the molecule is O=C(COC(=O)c1ccc(N2C(=O)CC(N3CCN(c4ccccc4)CC3)C2=O)cc1)c1ccc2c(c1)Cc1ccccc1-2. The lowest BCUT2D eigenvalue weighted by Gasteiger charge is -2.38. The van der Waals surface area contributed by atoms with E-state index in [0.29, 0.717) is 24.3 Å². The molecule has 8 heteroatoms. The van der Waals surface area contributed by atoms with Crippen LogP contribution in [0.3, 0.4) is 0 Å². The van der Waals surface area contributed by atoms with Crippen LogP contribution in [0.1, 0.15) is 38.3 Å². The Balaban J connectivity index is 0.943. The number of hydrogen-bond acceptors (Lipinski definition) is 7. The topological polar surface area (TPSA) is 87.2 Å². The fourth-order valence-corrected chi connectivity index (χ4v) is 6.47. The van der Waals surface area contributed by atoms with Crippen molar-refractivity contribution >= 4 is 34.9 Å². The largest absolute Gasteiger partial charge is 0.454 e. The fraction of sp³-hybridized carbons (Fsp3) is 0.222. The molecule has 2 amide bonds. The molecule has 8 nitrogen and oxygen atoms in total. The number of esters is 1. The summed E-state index contributed by atoms with van der Waals surface area (Å²) in [5.74, 6) is -1.44. The van der Waals surface area contributed by atoms with Gasteiger partial charge in [0.05, 0.1) is 23.7 Å². The standard InChI is InChI=1S/C36H31N3O5/c40-33(26-12-15-31-27(21-26)20-25-6-4-5-9-30(25)31)23-44-36(43)24-10-13-29(14-11-24)39-34(41)22-32(35(39)42)38-18-16-37(17-19-38)28-7-2-1-3-8-28/h1-15,21,32H,16-20,22-23H2. The summed E-state index contributed by atoms with van der Waals surface area (Å²) in [6.45, 7) is 2.56. The van der Waals surface area contributed by atoms with Gasteiger partial charge in [0, 0.05) is 37.4 Å². The Morgan fingerprint density at radius 2 is 1.39 bits per heavy atom. The minimum absolute atomic E-state index is 0.130. The molecule has 2 fully saturated rings. The van der Waals surface area contributed by atoms with Gasteiger partial charge in [-0.2, -0.15) is 0 Å². The quantitative estimate of drug-likeness (QED) is 0.155. The third-order valence-corrected chi connectivity index (χ3v) is 8.81. The number of fused-ring (bicyclic) bond motifs is 3. The van der Waals surface area contributed by atoms with Gasteiger partial charge in [-0.25, -0.2) is 9.69 Å². The van der Waals surface area contributed by atoms with Crippen LogP contribution in [0.15, 0.2) is 97.1 Å². The number of rotatable bonds is 7. The Bertz CT molecular complexity index is 1760. The number of benzene rings is 4. The summed E-state index contributed by atoms with van der Waals surface area (Å²) in [4.78, 5) is 57.4. The minimum Gasteiger partial charge on any atom is -0.454 e. The van der Waals surface area contributed by atoms with Gasteiger partial charge in [0.15, 0.2) is 12.4 Å². The summed E-state index contributed by atoms with van der Waals surface area (Å²) in [5, 5.41) is 0. The highest BCUT2D eigenvalue weighted by atomic mass is 16.5. The van der Waals surface area contributed by atoms with E-state index in [9.17, 15) is 19.2 Å². The molecule has 4 aromatic rings. The smallest absolute Gasteiger partial charge is 0.338 e. The Morgan fingerprint density at radius 3 is 2.16 bits per heavy atom. The van der Waals surface area contributed by atoms with E-state index >= 15 is 0 Å². The summed E-state index contributed by atoms with van der Waals surface area (Å²) in [6.07, 6.45) is 0.900. The molecule has 220 valence electrons. The van der Waals surface area contributed by atoms with Crippen molar-refractivity contribution < 1.29 is 23.9 Å². The van der Waals surface area contributed by atoms with Crippen molar-refractivity contribution in [2.24, 2.45) is 0 Å². The Kier molecular flexibility index (Phi) is 7.28. The molecule has 0 radical (unpaired) electrons. The van der Waals surface area contributed by atoms with E-state index in [1.54, 1.807) is 18.2 Å². The zero-order valence-electron chi connectivity index (χ0n) is 24.1. The second kappa shape index (κ2) is 11.5. The summed E-state index contributed by atoms with van der Waals surface area (Å²) in [6, 6.07) is 29.6. The lowest BCUT2D eigenvalue weighted by atomic mass is 10.0. The van der Waals surface area contributed by atoms with Crippen LogP contribution < -0.4 is 9.80 Å². The predicted octanol–water partition coefficient (Wildman–Crippen LogP) is 4.75. The third-order valence-electron chi connectivity index (χ3n) is 8.81. The second-order valence-electron chi connectivity index (χ2n) is 11.4. The van der Waals surface area contributed by atoms with E-state index in [2.05, 4.69) is 34.1 Å². The lowest BCUT2D eigenvalue weighted by Crippen LogP contribution is -2.52. The fourth-order valence-electron chi connectivity index (χ4n) is 6.47. The van der Waals surface area contributed by atoms with Gasteiger partial charge in [-0.15, -0.1) is 0 Å². The Labute approximate surface area is 255 Å². The van der Waals surface area contributed by atoms with Crippen LogP contribution in [0.25, 0.3) is 11.1 Å². The third kappa shape index (κ3) is 5.18. The molecule has 3 aliphatic rings. The molecule has 0 saturated carbocycles. The van der Waals surface area contributed by atoms with E-state index in [1.165, 1.54) is 28.2 Å². The van der Waals surface area contributed by atoms with Crippen molar-refractivity contribution in [1.82, 2.24) is 4.90 Å². The van der Waals surface area contributed by atoms with E-state index < -0.39 is 12.0 Å². The minimum atomic E-state index is -0.647. The average Bonchev–Trinajstić information content (AvgIpc) is 3.59. The van der Waals surface area contributed by atoms with Gasteiger partial charge in [0.1, 0.15) is 0 Å². The monoisotopic (exact) mass is 585 g/mol. The Hall–Kier alpha value is -5.08. The normalized spacial score (nSPS) is 17.9. The highest BCUT2D eigenvalue weighted by Gasteiger charge is 2.43. The first kappa shape index (κ1) is 27.7. The maximum Gasteiger partial charge on any atom is 0.338 e. The van der Waals surface area contributed by atoms with Crippen LogP contribution >= 0.6 is 0 Å². The van der Waals surface area contributed by atoms with Crippen molar-refractivity contribution in [3.05, 3.63) is 119 Å². The molecule has 1 unspecified atom stereocenters. The molecule has 1 aliphatic carbocycles. The molecule has 2 aliphatic heterocycles. The van der Waals surface area contributed by atoms with Crippen LogP contribution in [0, 0.1) is 0 Å². The highest BCUT2D eigenvalue weighted by Crippen LogP contribution is 2.36. The number of carbonyl (C=O) groups excluding carboxylic acids is 4. The first-order chi connectivity index (χ1) is 21.5. The van der Waals surface area contributed by atoms with Gasteiger partial charge in [-0.3, -0.25) is 19.3 Å². The van der Waals surface area contributed by atoms with Crippen molar-refractivity contribution in [2.75, 3.05) is 42.6 Å². The highest BCUT2D eigenvalue weighted by molar-refractivity contribution is 6.22. The van der Waals surface area contributed by atoms with E-state index in [0.717, 1.165) is 36.3 Å². The number of piperazine rings is 1. The molecule has 0 N–H and O–H groups in total. The zero-order valence-corrected chi connectivity index (χ0v) is 24.1. The predicted molar refractivity (Wildman–Crippen MR) is 167 cm³/mol. The van der Waals surface area contributed by atoms with Crippen molar-refractivity contribution in [1.29, 1.82) is 0 Å². The van der Waals surface area contributed by atoms with E-state index in [-0.39, 0.29) is 36.2 Å². The number of ether oxygens (including phenoxy) is 1. The summed E-state index contributed by atoms with van der Waals surface area (Å²) in [7, 11) is 0. The number of hydrogen-bond donors (Lipinski definition) is 0. The molecule has 4 aromatic carbocycles. The summed E-state index contributed by atoms with van der Waals surface area (Å²) >= 11 is 0. The molecule has 7 rings (SSSR count). The van der Waals surface area contributed by atoms with E-state index in [1.807, 2.05) is 42.5 Å². The van der Waals surface area contributed by atoms with Crippen molar-refractivity contribution in [3.63, 3.8) is 0 Å². The van der Waals surface area contributed by atoms with Crippen LogP contribution in [-0.4, -0.2) is 67.3 Å². The molecule has 1 atom stereocenters. The van der Waals surface area contributed by atoms with Gasteiger partial charge < -0.3 is 9.64 Å². The Morgan fingerprint density at radius 1 is 0.705 bits per heavy atom. The first-order valence-electron chi connectivity index (χ1n) is 14.9. The number of para-hydroxylation sites is 1. The number of carbonyl (C=O) groups is 4. The molecule has 0 aromatic heterocycles. The van der Waals surface area contributed by atoms with Crippen LogP contribution in [0.4, 0.5) is 11.4 Å². The van der Waals surface area contributed by atoms with Gasteiger partial charge in [-0.1, -0.05) is 54.6 Å². The van der Waals surface area contributed by atoms with Crippen LogP contribution in [-0.2, 0) is 20.7 Å². The van der Waals surface area contributed by atoms with Crippen LogP contribution in [0.5, 0.6) is 0 Å². The maximum absolute atomic E-state index is 13.4. The molecule has 44 heavy (non-hydrogen) atoms. The zero-order chi connectivity index (χ0) is 30.2. The maximum atomic E-state index is 13.4. The number of Topliss-reactive ketones (excluding diaryl/α,β-unsaturated/α-hetero) is 1. The lowest BCUT2D eigenvalue weighted by molar-refractivity contribution is -0.123. The molecule has 0 spiro atoms. The number of anilines is 2. The molecular weight excluding hydrogens is 554 g/mol. The first-order valence-corrected chi connectivity index (χ1v) is 14.9. The average molecular weight is 586 g/mol. The van der Waals surface area contributed by atoms with Gasteiger partial charge in [-0.05, 0) is 71.1 Å². The van der Waals surface area contributed by atoms with Gasteiger partial charge in [0.25, 0.3) is 5.91 Å². The van der Waals surface area contributed by atoms with E-state index in [4.69, 9.17) is 4.74 Å². The molecule has 2 saturated heterocycles. The molecular formula is C36H31N3O5. The van der Waals surface area contributed by atoms with Crippen molar-refractivity contribution in [3.8, 4) is 11.1 Å². The number of amides is 2. The number of nitrogens with zero attached hydrogens (tertiary/aromatic N) is 3. The molecule has 0 bridgehead atoms. The summed E-state index contributed by atoms with van der Waals surface area (Å²) in [5.41, 5.74) is 6.93. The number of ketones is 1. The second-order valence-corrected chi connectivity index (χ2v) is 11.4. The summed E-state index contributed by atoms with van der Waals surface area (Å²) < 4.78 is 5.32. The number of imide groups is 1. The molecule has 2 heterocycles. The van der Waals surface area contributed by atoms with Crippen LogP contribution in [0.2, 0.25) is 0 Å².